The van der Waals surface area contributed by atoms with Crippen LogP contribution < -0.4 is 15.4 Å². The number of carbonyl (C=O) groups excluding carboxylic acids is 1. The number of guanidine groups is 1. The Morgan fingerprint density at radius 3 is 2.64 bits per heavy atom. The SMILES string of the molecule is CCC(C)NC(=O)CCNC(=NC)N(C)CCOc1ccc(Cl)cc1. The van der Waals surface area contributed by atoms with E-state index in [0.29, 0.717) is 31.1 Å². The quantitative estimate of drug-likeness (QED) is 0.519. The van der Waals surface area contributed by atoms with Gasteiger partial charge in [-0.25, -0.2) is 0 Å². The summed E-state index contributed by atoms with van der Waals surface area (Å²) in [6.45, 7) is 5.77. The lowest BCUT2D eigenvalue weighted by molar-refractivity contribution is -0.121. The highest BCUT2D eigenvalue weighted by molar-refractivity contribution is 6.30. The molecule has 1 atom stereocenters. The predicted molar refractivity (Wildman–Crippen MR) is 103 cm³/mol. The fourth-order valence-electron chi connectivity index (χ4n) is 2.06. The summed E-state index contributed by atoms with van der Waals surface area (Å²) in [6.07, 6.45) is 1.34. The van der Waals surface area contributed by atoms with Gasteiger partial charge >= 0.3 is 0 Å². The molecule has 0 aliphatic heterocycles. The maximum absolute atomic E-state index is 11.8. The number of carbonyl (C=O) groups is 1. The van der Waals surface area contributed by atoms with Gasteiger partial charge in [-0.05, 0) is 37.6 Å². The molecular formula is C18H29ClN4O2. The third-order valence-electron chi connectivity index (χ3n) is 3.74. The molecule has 0 aliphatic carbocycles. The summed E-state index contributed by atoms with van der Waals surface area (Å²) in [7, 11) is 3.65. The summed E-state index contributed by atoms with van der Waals surface area (Å²) in [4.78, 5) is 18.0. The molecule has 2 N–H and O–H groups in total. The van der Waals surface area contributed by atoms with Gasteiger partial charge in [-0.3, -0.25) is 9.79 Å². The second-order valence-corrected chi connectivity index (χ2v) is 6.26. The molecule has 1 amide bonds. The number of aliphatic imine (C=N–C) groups is 1. The van der Waals surface area contributed by atoms with Gasteiger partial charge < -0.3 is 20.3 Å². The highest BCUT2D eigenvalue weighted by atomic mass is 35.5. The van der Waals surface area contributed by atoms with Crippen LogP contribution in [0.4, 0.5) is 0 Å². The summed E-state index contributed by atoms with van der Waals surface area (Å²) in [5, 5.41) is 6.82. The number of ether oxygens (including phenoxy) is 1. The Morgan fingerprint density at radius 1 is 1.36 bits per heavy atom. The smallest absolute Gasteiger partial charge is 0.221 e. The number of rotatable bonds is 9. The van der Waals surface area contributed by atoms with E-state index in [0.717, 1.165) is 18.1 Å². The molecule has 0 saturated carbocycles. The normalized spacial score (nSPS) is 12.4. The molecule has 0 aromatic heterocycles. The highest BCUT2D eigenvalue weighted by Gasteiger charge is 2.08. The monoisotopic (exact) mass is 368 g/mol. The van der Waals surface area contributed by atoms with Crippen LogP contribution in [0.1, 0.15) is 26.7 Å². The Bertz CT molecular complexity index is 549. The Balaban J connectivity index is 2.28. The van der Waals surface area contributed by atoms with Crippen molar-refractivity contribution < 1.29 is 9.53 Å². The minimum absolute atomic E-state index is 0.0472. The van der Waals surface area contributed by atoms with Crippen molar-refractivity contribution in [2.45, 2.75) is 32.7 Å². The molecule has 1 aromatic rings. The Kier molecular flexibility index (Phi) is 9.77. The third-order valence-corrected chi connectivity index (χ3v) is 3.99. The average Bonchev–Trinajstić information content (AvgIpc) is 2.60. The molecule has 0 saturated heterocycles. The van der Waals surface area contributed by atoms with E-state index in [2.05, 4.69) is 15.6 Å². The van der Waals surface area contributed by atoms with Gasteiger partial charge in [0.1, 0.15) is 12.4 Å². The second kappa shape index (κ2) is 11.6. The van der Waals surface area contributed by atoms with Gasteiger partial charge in [0.25, 0.3) is 0 Å². The highest BCUT2D eigenvalue weighted by Crippen LogP contribution is 2.15. The van der Waals surface area contributed by atoms with E-state index >= 15 is 0 Å². The van der Waals surface area contributed by atoms with Crippen molar-refractivity contribution in [1.82, 2.24) is 15.5 Å². The second-order valence-electron chi connectivity index (χ2n) is 5.82. The zero-order chi connectivity index (χ0) is 18.7. The average molecular weight is 369 g/mol. The summed E-state index contributed by atoms with van der Waals surface area (Å²) < 4.78 is 5.68. The van der Waals surface area contributed by atoms with E-state index in [1.54, 1.807) is 19.2 Å². The van der Waals surface area contributed by atoms with Crippen molar-refractivity contribution in [3.05, 3.63) is 29.3 Å². The number of hydrogen-bond donors (Lipinski definition) is 2. The lowest BCUT2D eigenvalue weighted by Gasteiger charge is -2.22. The van der Waals surface area contributed by atoms with Crippen LogP contribution in [0.25, 0.3) is 0 Å². The van der Waals surface area contributed by atoms with Gasteiger partial charge in [0.2, 0.25) is 5.91 Å². The van der Waals surface area contributed by atoms with Crippen molar-refractivity contribution in [2.24, 2.45) is 4.99 Å². The molecule has 7 heteroatoms. The standard InChI is InChI=1S/C18H29ClN4O2/c1-5-14(2)22-17(24)10-11-21-18(20-3)23(4)12-13-25-16-8-6-15(19)7-9-16/h6-9,14H,5,10-13H2,1-4H3,(H,20,21)(H,22,24). The topological polar surface area (TPSA) is 66.0 Å². The molecule has 1 unspecified atom stereocenters. The van der Waals surface area contributed by atoms with Crippen LogP contribution in [0.3, 0.4) is 0 Å². The summed E-state index contributed by atoms with van der Waals surface area (Å²) in [5.74, 6) is 1.56. The number of amides is 1. The third kappa shape index (κ3) is 8.63. The fraction of sp³-hybridized carbons (Fsp3) is 0.556. The van der Waals surface area contributed by atoms with Crippen LogP contribution >= 0.6 is 11.6 Å². The predicted octanol–water partition coefficient (Wildman–Crippen LogP) is 2.53. The van der Waals surface area contributed by atoms with Crippen molar-refractivity contribution in [3.63, 3.8) is 0 Å². The first-order valence-corrected chi connectivity index (χ1v) is 8.93. The van der Waals surface area contributed by atoms with Gasteiger partial charge in [-0.15, -0.1) is 0 Å². The van der Waals surface area contributed by atoms with E-state index in [-0.39, 0.29) is 11.9 Å². The van der Waals surface area contributed by atoms with E-state index in [4.69, 9.17) is 16.3 Å². The van der Waals surface area contributed by atoms with Crippen molar-refractivity contribution in [1.29, 1.82) is 0 Å². The minimum atomic E-state index is 0.0472. The van der Waals surface area contributed by atoms with Crippen LogP contribution in [0.5, 0.6) is 5.75 Å². The maximum atomic E-state index is 11.8. The fourth-order valence-corrected chi connectivity index (χ4v) is 2.18. The van der Waals surface area contributed by atoms with E-state index in [9.17, 15) is 4.79 Å². The van der Waals surface area contributed by atoms with Gasteiger partial charge in [0, 0.05) is 38.1 Å². The Hall–Kier alpha value is -1.95. The lowest BCUT2D eigenvalue weighted by Crippen LogP contribution is -2.42. The molecule has 0 spiro atoms. The Labute approximate surface area is 155 Å². The first kappa shape index (κ1) is 21.1. The lowest BCUT2D eigenvalue weighted by atomic mass is 10.2. The van der Waals surface area contributed by atoms with E-state index in [1.807, 2.05) is 37.9 Å². The van der Waals surface area contributed by atoms with E-state index < -0.39 is 0 Å². The van der Waals surface area contributed by atoms with Crippen LogP contribution in [-0.4, -0.2) is 56.6 Å². The van der Waals surface area contributed by atoms with Gasteiger partial charge in [0.05, 0.1) is 6.54 Å². The summed E-state index contributed by atoms with van der Waals surface area (Å²) in [5.41, 5.74) is 0. The zero-order valence-electron chi connectivity index (χ0n) is 15.5. The molecule has 0 bridgehead atoms. The largest absolute Gasteiger partial charge is 0.492 e. The van der Waals surface area contributed by atoms with Crippen molar-refractivity contribution >= 4 is 23.5 Å². The van der Waals surface area contributed by atoms with Crippen LogP contribution in [0.15, 0.2) is 29.3 Å². The molecule has 140 valence electrons. The molecule has 25 heavy (non-hydrogen) atoms. The van der Waals surface area contributed by atoms with E-state index in [1.165, 1.54) is 0 Å². The van der Waals surface area contributed by atoms with Crippen LogP contribution in [0, 0.1) is 0 Å². The summed E-state index contributed by atoms with van der Waals surface area (Å²) >= 11 is 5.85. The molecule has 6 nitrogen and oxygen atoms in total. The number of halogens is 1. The number of hydrogen-bond acceptors (Lipinski definition) is 3. The molecule has 0 aliphatic rings. The first-order chi connectivity index (χ1) is 12.0. The van der Waals surface area contributed by atoms with Crippen LogP contribution in [0.2, 0.25) is 5.02 Å². The molecule has 0 fully saturated rings. The van der Waals surface area contributed by atoms with Gasteiger partial charge in [-0.1, -0.05) is 18.5 Å². The van der Waals surface area contributed by atoms with Gasteiger partial charge in [0.15, 0.2) is 5.96 Å². The molecular weight excluding hydrogens is 340 g/mol. The molecule has 0 heterocycles. The first-order valence-electron chi connectivity index (χ1n) is 8.55. The summed E-state index contributed by atoms with van der Waals surface area (Å²) in [6, 6.07) is 7.48. The molecule has 0 radical (unpaired) electrons. The number of likely N-dealkylation sites (N-methyl/N-ethyl adjacent to an activating group) is 1. The van der Waals surface area contributed by atoms with Crippen LogP contribution in [-0.2, 0) is 4.79 Å². The number of benzene rings is 1. The zero-order valence-corrected chi connectivity index (χ0v) is 16.3. The molecule has 1 aromatic carbocycles. The van der Waals surface area contributed by atoms with Crippen molar-refractivity contribution in [2.75, 3.05) is 33.8 Å². The van der Waals surface area contributed by atoms with Gasteiger partial charge in [-0.2, -0.15) is 0 Å². The Morgan fingerprint density at radius 2 is 2.04 bits per heavy atom. The molecule has 1 rings (SSSR count). The number of nitrogens with one attached hydrogen (secondary N) is 2. The van der Waals surface area contributed by atoms with Crippen molar-refractivity contribution in [3.8, 4) is 5.75 Å². The maximum Gasteiger partial charge on any atom is 0.221 e. The number of nitrogens with zero attached hydrogens (tertiary/aromatic N) is 2. The minimum Gasteiger partial charge on any atom is -0.492 e.